The van der Waals surface area contributed by atoms with E-state index in [1.54, 1.807) is 49.8 Å². The molecule has 1 saturated heterocycles. The van der Waals surface area contributed by atoms with E-state index in [-0.39, 0.29) is 24.4 Å². The lowest BCUT2D eigenvalue weighted by Crippen LogP contribution is -2.54. The van der Waals surface area contributed by atoms with Gasteiger partial charge in [0.1, 0.15) is 23.5 Å². The molecule has 1 aliphatic rings. The number of nitrogens with zero attached hydrogens (tertiary/aromatic N) is 1. The lowest BCUT2D eigenvalue weighted by atomic mass is 9.97. The van der Waals surface area contributed by atoms with Crippen LogP contribution >= 0.6 is 0 Å². The van der Waals surface area contributed by atoms with Gasteiger partial charge < -0.3 is 31.4 Å². The minimum atomic E-state index is -1.06. The average molecular weight is 493 g/mol. The number of benzene rings is 1. The van der Waals surface area contributed by atoms with Gasteiger partial charge in [0.2, 0.25) is 17.7 Å². The maximum Gasteiger partial charge on any atom is 0.268 e. The number of methoxy groups -OCH3 is 1. The number of carbonyl (C=O) groups excluding carboxylic acids is 4. The number of nitrogens with two attached hydrogens (primary N) is 1. The van der Waals surface area contributed by atoms with E-state index >= 15 is 0 Å². The summed E-state index contributed by atoms with van der Waals surface area (Å²) in [5, 5.41) is 8.80. The molecule has 3 atom stereocenters. The van der Waals surface area contributed by atoms with Gasteiger partial charge in [-0.3, -0.25) is 24.2 Å². The van der Waals surface area contributed by atoms with Crippen molar-refractivity contribution in [3.05, 3.63) is 60.0 Å². The third-order valence-corrected chi connectivity index (χ3v) is 6.22. The average Bonchev–Trinajstić information content (AvgIpc) is 3.49. The van der Waals surface area contributed by atoms with Gasteiger partial charge in [-0.05, 0) is 42.7 Å². The molecule has 0 bridgehead atoms. The summed E-state index contributed by atoms with van der Waals surface area (Å²) < 4.78 is 5.35. The highest BCUT2D eigenvalue weighted by molar-refractivity contribution is 6.02. The summed E-state index contributed by atoms with van der Waals surface area (Å²) in [5.41, 5.74) is 7.18. The van der Waals surface area contributed by atoms with Gasteiger partial charge in [-0.1, -0.05) is 12.1 Å². The SMILES string of the molecule is COc1cccc2[nH]c(C(=O)N[C@@H](Cc3cccnc3)C(=O)N[C@@H](C[C@@H]3CCNC3=O)C(N)=O)cc12. The largest absolute Gasteiger partial charge is 0.496 e. The van der Waals surface area contributed by atoms with Crippen LogP contribution in [-0.4, -0.2) is 59.3 Å². The van der Waals surface area contributed by atoms with E-state index in [0.29, 0.717) is 29.8 Å². The van der Waals surface area contributed by atoms with Gasteiger partial charge in [-0.15, -0.1) is 0 Å². The molecule has 3 heterocycles. The normalized spacial score (nSPS) is 16.7. The van der Waals surface area contributed by atoms with Crippen LogP contribution in [0.15, 0.2) is 48.8 Å². The van der Waals surface area contributed by atoms with Crippen LogP contribution in [0.2, 0.25) is 0 Å². The van der Waals surface area contributed by atoms with E-state index in [1.807, 2.05) is 6.07 Å². The second-order valence-electron chi connectivity index (χ2n) is 8.67. The van der Waals surface area contributed by atoms with Crippen molar-refractivity contribution >= 4 is 34.5 Å². The van der Waals surface area contributed by atoms with Crippen molar-refractivity contribution in [2.45, 2.75) is 31.3 Å². The highest BCUT2D eigenvalue weighted by Gasteiger charge is 2.32. The van der Waals surface area contributed by atoms with Gasteiger partial charge in [0.15, 0.2) is 0 Å². The van der Waals surface area contributed by atoms with Crippen LogP contribution in [0.3, 0.4) is 0 Å². The molecule has 11 nitrogen and oxygen atoms in total. The summed E-state index contributed by atoms with van der Waals surface area (Å²) in [6.07, 6.45) is 3.96. The number of amides is 4. The van der Waals surface area contributed by atoms with Gasteiger partial charge in [0.25, 0.3) is 5.91 Å². The molecule has 6 N–H and O–H groups in total. The highest BCUT2D eigenvalue weighted by Crippen LogP contribution is 2.26. The van der Waals surface area contributed by atoms with Gasteiger partial charge in [0, 0.05) is 42.2 Å². The number of carbonyl (C=O) groups is 4. The Balaban J connectivity index is 1.54. The fourth-order valence-electron chi connectivity index (χ4n) is 4.30. The molecule has 4 amide bonds. The molecule has 36 heavy (non-hydrogen) atoms. The first-order valence-corrected chi connectivity index (χ1v) is 11.6. The van der Waals surface area contributed by atoms with Crippen LogP contribution in [0.25, 0.3) is 10.9 Å². The minimum absolute atomic E-state index is 0.0856. The van der Waals surface area contributed by atoms with Crippen molar-refractivity contribution in [2.24, 2.45) is 11.7 Å². The number of hydrogen-bond acceptors (Lipinski definition) is 6. The van der Waals surface area contributed by atoms with Crippen molar-refractivity contribution in [2.75, 3.05) is 13.7 Å². The third-order valence-electron chi connectivity index (χ3n) is 6.22. The Bertz CT molecular complexity index is 1270. The first kappa shape index (κ1) is 24.7. The Hall–Kier alpha value is -4.41. The number of nitrogens with one attached hydrogen (secondary N) is 4. The number of fused-ring (bicyclic) bond motifs is 1. The van der Waals surface area contributed by atoms with Gasteiger partial charge in [-0.2, -0.15) is 0 Å². The topological polar surface area (TPSA) is 168 Å². The fourth-order valence-corrected chi connectivity index (χ4v) is 4.30. The van der Waals surface area contributed by atoms with Crippen LogP contribution in [0.1, 0.15) is 28.9 Å². The van der Waals surface area contributed by atoms with Crippen LogP contribution in [-0.2, 0) is 20.8 Å². The number of aromatic nitrogens is 2. The smallest absolute Gasteiger partial charge is 0.268 e. The predicted octanol–water partition coefficient (Wildman–Crippen LogP) is 0.409. The first-order chi connectivity index (χ1) is 17.4. The Morgan fingerprint density at radius 2 is 2.03 bits per heavy atom. The minimum Gasteiger partial charge on any atom is -0.496 e. The van der Waals surface area contributed by atoms with E-state index in [0.717, 1.165) is 5.39 Å². The summed E-state index contributed by atoms with van der Waals surface area (Å²) in [4.78, 5) is 57.5. The number of H-pyrrole nitrogens is 1. The molecule has 2 aromatic heterocycles. The molecule has 1 aromatic carbocycles. The molecule has 0 saturated carbocycles. The molecule has 188 valence electrons. The maximum atomic E-state index is 13.3. The molecule has 1 aliphatic heterocycles. The monoisotopic (exact) mass is 492 g/mol. The number of primary amides is 1. The molecule has 3 aromatic rings. The van der Waals surface area contributed by atoms with Gasteiger partial charge in [-0.25, -0.2) is 0 Å². The zero-order chi connectivity index (χ0) is 25.7. The van der Waals surface area contributed by atoms with Crippen LogP contribution in [0.4, 0.5) is 0 Å². The van der Waals surface area contributed by atoms with Gasteiger partial charge >= 0.3 is 0 Å². The molecule has 4 rings (SSSR count). The first-order valence-electron chi connectivity index (χ1n) is 11.6. The summed E-state index contributed by atoms with van der Waals surface area (Å²) in [6, 6.07) is 8.45. The standard InChI is InChI=1S/C25H28N6O5/c1-36-21-6-2-5-17-16(21)12-20(29-17)25(35)31-19(10-14-4-3-8-27-13-14)24(34)30-18(22(26)32)11-15-7-9-28-23(15)33/h2-6,8,12-13,15,18-19,29H,7,9-11H2,1H3,(H2,26,32)(H,28,33)(H,30,34)(H,31,35)/t15-,18-,19-/m0/s1. The van der Waals surface area contributed by atoms with E-state index in [4.69, 9.17) is 10.5 Å². The molecule has 11 heteroatoms. The van der Waals surface area contributed by atoms with Crippen molar-refractivity contribution in [1.82, 2.24) is 25.9 Å². The van der Waals surface area contributed by atoms with Crippen LogP contribution in [0, 0.1) is 5.92 Å². The summed E-state index contributed by atoms with van der Waals surface area (Å²) in [7, 11) is 1.54. The highest BCUT2D eigenvalue weighted by atomic mass is 16.5. The zero-order valence-electron chi connectivity index (χ0n) is 19.7. The van der Waals surface area contributed by atoms with Crippen molar-refractivity contribution in [1.29, 1.82) is 0 Å². The Morgan fingerprint density at radius 1 is 1.19 bits per heavy atom. The summed E-state index contributed by atoms with van der Waals surface area (Å²) >= 11 is 0. The third kappa shape index (κ3) is 5.62. The van der Waals surface area contributed by atoms with Crippen molar-refractivity contribution in [3.8, 4) is 5.75 Å². The lowest BCUT2D eigenvalue weighted by Gasteiger charge is -2.23. The lowest BCUT2D eigenvalue weighted by molar-refractivity contribution is -0.130. The van der Waals surface area contributed by atoms with E-state index in [2.05, 4.69) is 25.9 Å². The quantitative estimate of drug-likeness (QED) is 0.275. The molecule has 0 spiro atoms. The van der Waals surface area contributed by atoms with Crippen LogP contribution < -0.4 is 26.4 Å². The molecular formula is C25H28N6O5. The van der Waals surface area contributed by atoms with E-state index in [1.165, 1.54) is 0 Å². The molecule has 1 fully saturated rings. The number of rotatable bonds is 10. The Morgan fingerprint density at radius 3 is 2.69 bits per heavy atom. The Kier molecular flexibility index (Phi) is 7.47. The number of hydrogen-bond donors (Lipinski definition) is 5. The predicted molar refractivity (Wildman–Crippen MR) is 131 cm³/mol. The number of ether oxygens (including phenoxy) is 1. The molecule has 0 radical (unpaired) electrons. The van der Waals surface area contributed by atoms with Crippen molar-refractivity contribution in [3.63, 3.8) is 0 Å². The second kappa shape index (κ2) is 10.9. The maximum absolute atomic E-state index is 13.3. The number of pyridine rings is 1. The van der Waals surface area contributed by atoms with Gasteiger partial charge in [0.05, 0.1) is 7.11 Å². The van der Waals surface area contributed by atoms with Crippen molar-refractivity contribution < 1.29 is 23.9 Å². The summed E-state index contributed by atoms with van der Waals surface area (Å²) in [5.74, 6) is -1.85. The second-order valence-corrected chi connectivity index (χ2v) is 8.67. The van der Waals surface area contributed by atoms with E-state index < -0.39 is 35.7 Å². The Labute approximate surface area is 207 Å². The number of aromatic amines is 1. The molecule has 0 aliphatic carbocycles. The fraction of sp³-hybridized carbons (Fsp3) is 0.320. The van der Waals surface area contributed by atoms with E-state index in [9.17, 15) is 19.2 Å². The molecular weight excluding hydrogens is 464 g/mol. The molecule has 0 unspecified atom stereocenters. The zero-order valence-corrected chi connectivity index (χ0v) is 19.7. The summed E-state index contributed by atoms with van der Waals surface area (Å²) in [6.45, 7) is 0.512. The van der Waals surface area contributed by atoms with Crippen LogP contribution in [0.5, 0.6) is 5.75 Å².